The number of ether oxygens (including phenoxy) is 1. The van der Waals surface area contributed by atoms with Gasteiger partial charge in [-0.2, -0.15) is 0 Å². The summed E-state index contributed by atoms with van der Waals surface area (Å²) in [6, 6.07) is 6.35. The van der Waals surface area contributed by atoms with Crippen LogP contribution in [0.2, 0.25) is 0 Å². The lowest BCUT2D eigenvalue weighted by atomic mass is 10.1. The zero-order valence-electron chi connectivity index (χ0n) is 16.3. The van der Waals surface area contributed by atoms with Crippen LogP contribution in [0.25, 0.3) is 0 Å². The Hall–Kier alpha value is -2.64. The molecule has 0 saturated carbocycles. The van der Waals surface area contributed by atoms with E-state index in [4.69, 9.17) is 4.74 Å². The minimum absolute atomic E-state index is 0.0315. The quantitative estimate of drug-likeness (QED) is 0.685. The molecule has 0 bridgehead atoms. The lowest BCUT2D eigenvalue weighted by molar-refractivity contribution is -0.134. The first-order valence-corrected chi connectivity index (χ1v) is 9.70. The molecule has 0 spiro atoms. The lowest BCUT2D eigenvalue weighted by Gasteiger charge is -2.34. The van der Waals surface area contributed by atoms with Crippen molar-refractivity contribution >= 4 is 17.9 Å². The number of rotatable bonds is 8. The van der Waals surface area contributed by atoms with Gasteiger partial charge in [0.15, 0.2) is 0 Å². The number of hydrogen-bond acceptors (Lipinski definition) is 4. The minimum atomic E-state index is -0.358. The van der Waals surface area contributed by atoms with Gasteiger partial charge in [-0.15, -0.1) is 0 Å². The molecule has 1 fully saturated rings. The number of carbonyl (C=O) groups excluding carboxylic acids is 3. The van der Waals surface area contributed by atoms with Gasteiger partial charge in [0, 0.05) is 32.6 Å². The monoisotopic (exact) mass is 393 g/mol. The highest BCUT2D eigenvalue weighted by Crippen LogP contribution is 2.08. The number of hydrogen-bond donors (Lipinski definition) is 1. The van der Waals surface area contributed by atoms with E-state index in [1.54, 1.807) is 28.9 Å². The summed E-state index contributed by atoms with van der Waals surface area (Å²) in [4.78, 5) is 39.0. The molecule has 2 rings (SSSR count). The SMILES string of the molecule is CCOC(=O)N1CCN(C(=O)CNC(=O)CCCCc2ccc(F)cc2)CC1. The van der Waals surface area contributed by atoms with E-state index in [0.717, 1.165) is 18.4 Å². The fourth-order valence-electron chi connectivity index (χ4n) is 2.99. The maximum Gasteiger partial charge on any atom is 0.409 e. The number of piperazine rings is 1. The number of carbonyl (C=O) groups is 3. The maximum atomic E-state index is 12.8. The average molecular weight is 393 g/mol. The molecule has 1 saturated heterocycles. The van der Waals surface area contributed by atoms with Gasteiger partial charge in [0.05, 0.1) is 13.2 Å². The summed E-state index contributed by atoms with van der Waals surface area (Å²) in [5, 5.41) is 2.66. The molecule has 3 amide bonds. The van der Waals surface area contributed by atoms with Gasteiger partial charge in [-0.1, -0.05) is 12.1 Å². The van der Waals surface area contributed by atoms with E-state index < -0.39 is 0 Å². The van der Waals surface area contributed by atoms with E-state index in [0.29, 0.717) is 45.6 Å². The van der Waals surface area contributed by atoms with Crippen molar-refractivity contribution in [2.75, 3.05) is 39.3 Å². The number of nitrogens with one attached hydrogen (secondary N) is 1. The molecule has 1 aliphatic rings. The molecule has 1 heterocycles. The van der Waals surface area contributed by atoms with Crippen LogP contribution in [0.4, 0.5) is 9.18 Å². The molecule has 0 aromatic heterocycles. The van der Waals surface area contributed by atoms with Crippen LogP contribution in [0.3, 0.4) is 0 Å². The number of unbranched alkanes of at least 4 members (excludes halogenated alkanes) is 1. The van der Waals surface area contributed by atoms with Crippen molar-refractivity contribution in [2.45, 2.75) is 32.6 Å². The average Bonchev–Trinajstić information content (AvgIpc) is 2.71. The molecule has 0 aliphatic carbocycles. The molecule has 154 valence electrons. The van der Waals surface area contributed by atoms with E-state index in [1.807, 2.05) is 0 Å². The van der Waals surface area contributed by atoms with Gasteiger partial charge in [0.2, 0.25) is 11.8 Å². The summed E-state index contributed by atoms with van der Waals surface area (Å²) in [5.41, 5.74) is 1.04. The molecule has 1 N–H and O–H groups in total. The Balaban J connectivity index is 1.57. The van der Waals surface area contributed by atoms with Gasteiger partial charge in [0.25, 0.3) is 0 Å². The van der Waals surface area contributed by atoms with Crippen molar-refractivity contribution in [3.63, 3.8) is 0 Å². The summed E-state index contributed by atoms with van der Waals surface area (Å²) < 4.78 is 17.8. The highest BCUT2D eigenvalue weighted by Gasteiger charge is 2.24. The van der Waals surface area contributed by atoms with Crippen LogP contribution in [0, 0.1) is 5.82 Å². The third-order valence-corrected chi connectivity index (χ3v) is 4.63. The van der Waals surface area contributed by atoms with E-state index in [1.165, 1.54) is 12.1 Å². The molecule has 7 nitrogen and oxygen atoms in total. The van der Waals surface area contributed by atoms with Crippen molar-refractivity contribution in [3.05, 3.63) is 35.6 Å². The largest absolute Gasteiger partial charge is 0.450 e. The molecular weight excluding hydrogens is 365 g/mol. The van der Waals surface area contributed by atoms with Crippen LogP contribution >= 0.6 is 0 Å². The number of benzene rings is 1. The van der Waals surface area contributed by atoms with Crippen molar-refractivity contribution in [1.82, 2.24) is 15.1 Å². The Kier molecular flexibility index (Phi) is 8.71. The minimum Gasteiger partial charge on any atom is -0.450 e. The Bertz CT molecular complexity index is 658. The summed E-state index contributed by atoms with van der Waals surface area (Å²) in [5.74, 6) is -0.559. The third-order valence-electron chi connectivity index (χ3n) is 4.63. The predicted octanol–water partition coefficient (Wildman–Crippen LogP) is 1.96. The van der Waals surface area contributed by atoms with Crippen molar-refractivity contribution in [1.29, 1.82) is 0 Å². The van der Waals surface area contributed by atoms with Crippen molar-refractivity contribution < 1.29 is 23.5 Å². The van der Waals surface area contributed by atoms with Gasteiger partial charge >= 0.3 is 6.09 Å². The second-order valence-electron chi connectivity index (χ2n) is 6.68. The van der Waals surface area contributed by atoms with Gasteiger partial charge < -0.3 is 19.9 Å². The third kappa shape index (κ3) is 7.17. The fourth-order valence-corrected chi connectivity index (χ4v) is 2.99. The van der Waals surface area contributed by atoms with E-state index in [2.05, 4.69) is 5.32 Å². The Labute approximate surface area is 164 Å². The van der Waals surface area contributed by atoms with Crippen LogP contribution in [0.1, 0.15) is 31.7 Å². The molecule has 8 heteroatoms. The summed E-state index contributed by atoms with van der Waals surface area (Å²) >= 11 is 0. The Morgan fingerprint density at radius 2 is 1.68 bits per heavy atom. The smallest absolute Gasteiger partial charge is 0.409 e. The molecule has 0 radical (unpaired) electrons. The maximum absolute atomic E-state index is 12.8. The van der Waals surface area contributed by atoms with Gasteiger partial charge in [-0.3, -0.25) is 9.59 Å². The predicted molar refractivity (Wildman–Crippen MR) is 102 cm³/mol. The van der Waals surface area contributed by atoms with Gasteiger partial charge in [-0.05, 0) is 43.9 Å². The number of halogens is 1. The Morgan fingerprint density at radius 3 is 2.32 bits per heavy atom. The molecule has 0 atom stereocenters. The second kappa shape index (κ2) is 11.3. The molecular formula is C20H28FN3O4. The highest BCUT2D eigenvalue weighted by molar-refractivity contribution is 5.84. The molecule has 0 unspecified atom stereocenters. The van der Waals surface area contributed by atoms with Crippen molar-refractivity contribution in [3.8, 4) is 0 Å². The molecule has 28 heavy (non-hydrogen) atoms. The fraction of sp³-hybridized carbons (Fsp3) is 0.550. The first-order chi connectivity index (χ1) is 13.5. The molecule has 1 aromatic rings. The van der Waals surface area contributed by atoms with E-state index in [-0.39, 0.29) is 30.3 Å². The zero-order chi connectivity index (χ0) is 20.4. The van der Waals surface area contributed by atoms with E-state index in [9.17, 15) is 18.8 Å². The second-order valence-corrected chi connectivity index (χ2v) is 6.68. The van der Waals surface area contributed by atoms with Gasteiger partial charge in [-0.25, -0.2) is 9.18 Å². The number of aryl methyl sites for hydroxylation is 1. The number of nitrogens with zero attached hydrogens (tertiary/aromatic N) is 2. The Morgan fingerprint density at radius 1 is 1.04 bits per heavy atom. The van der Waals surface area contributed by atoms with Crippen molar-refractivity contribution in [2.24, 2.45) is 0 Å². The summed E-state index contributed by atoms with van der Waals surface area (Å²) in [6.45, 7) is 3.79. The van der Waals surface area contributed by atoms with Gasteiger partial charge in [0.1, 0.15) is 5.82 Å². The van der Waals surface area contributed by atoms with Crippen LogP contribution < -0.4 is 5.32 Å². The number of amides is 3. The van der Waals surface area contributed by atoms with E-state index >= 15 is 0 Å². The summed E-state index contributed by atoms with van der Waals surface area (Å²) in [7, 11) is 0. The molecule has 1 aliphatic heterocycles. The van der Waals surface area contributed by atoms with Crippen LogP contribution in [-0.4, -0.2) is 67.0 Å². The molecule has 1 aromatic carbocycles. The standard InChI is InChI=1S/C20H28FN3O4/c1-2-28-20(27)24-13-11-23(12-14-24)19(26)15-22-18(25)6-4-3-5-16-7-9-17(21)10-8-16/h7-10H,2-6,11-15H2,1H3,(H,22,25). The first kappa shape index (κ1) is 21.7. The van der Waals surface area contributed by atoms with Crippen LogP contribution in [0.5, 0.6) is 0 Å². The first-order valence-electron chi connectivity index (χ1n) is 9.70. The van der Waals surface area contributed by atoms with Crippen LogP contribution in [0.15, 0.2) is 24.3 Å². The van der Waals surface area contributed by atoms with Crippen LogP contribution in [-0.2, 0) is 20.7 Å². The topological polar surface area (TPSA) is 79.0 Å². The summed E-state index contributed by atoms with van der Waals surface area (Å²) in [6.07, 6.45) is 2.31. The zero-order valence-corrected chi connectivity index (χ0v) is 16.3. The normalized spacial score (nSPS) is 13.9. The highest BCUT2D eigenvalue weighted by atomic mass is 19.1. The lowest BCUT2D eigenvalue weighted by Crippen LogP contribution is -2.52.